The number of carbonyl (C=O) groups excluding carboxylic acids is 1. The Morgan fingerprint density at radius 2 is 1.91 bits per heavy atom. The lowest BCUT2D eigenvalue weighted by molar-refractivity contribution is -0.113. The number of carbonyl (C=O) groups is 1. The first-order valence-electron chi connectivity index (χ1n) is 10.7. The van der Waals surface area contributed by atoms with E-state index in [0.717, 1.165) is 30.6 Å². The van der Waals surface area contributed by atoms with Crippen molar-refractivity contribution < 1.29 is 22.7 Å². The molecule has 2 aromatic carbocycles. The van der Waals surface area contributed by atoms with Crippen LogP contribution in [0.4, 0.5) is 5.69 Å². The Morgan fingerprint density at radius 3 is 2.62 bits per heavy atom. The molecule has 174 valence electrons. The van der Waals surface area contributed by atoms with E-state index < -0.39 is 10.0 Å². The molecule has 1 heterocycles. The predicted molar refractivity (Wildman–Crippen MR) is 128 cm³/mol. The Kier molecular flexibility index (Phi) is 8.84. The number of thioether (sulfide) groups is 1. The number of anilines is 1. The summed E-state index contributed by atoms with van der Waals surface area (Å²) in [6, 6.07) is 12.4. The Bertz CT molecular complexity index is 1020. The van der Waals surface area contributed by atoms with Crippen LogP contribution < -0.4 is 14.8 Å². The van der Waals surface area contributed by atoms with Gasteiger partial charge in [-0.3, -0.25) is 4.79 Å². The quantitative estimate of drug-likeness (QED) is 0.552. The molecule has 1 saturated heterocycles. The van der Waals surface area contributed by atoms with Crippen molar-refractivity contribution in [2.75, 3.05) is 37.9 Å². The highest BCUT2D eigenvalue weighted by molar-refractivity contribution is 7.99. The summed E-state index contributed by atoms with van der Waals surface area (Å²) in [6.45, 7) is 3.30. The highest BCUT2D eigenvalue weighted by atomic mass is 32.2. The monoisotopic (exact) mass is 478 g/mol. The summed E-state index contributed by atoms with van der Waals surface area (Å²) >= 11 is 1.47. The summed E-state index contributed by atoms with van der Waals surface area (Å²) in [5.74, 6) is 1.90. The van der Waals surface area contributed by atoms with Gasteiger partial charge in [-0.25, -0.2) is 8.42 Å². The fourth-order valence-corrected chi connectivity index (χ4v) is 5.83. The van der Waals surface area contributed by atoms with E-state index in [1.807, 2.05) is 31.2 Å². The summed E-state index contributed by atoms with van der Waals surface area (Å²) in [6.07, 6.45) is 2.78. The first kappa shape index (κ1) is 24.4. The van der Waals surface area contributed by atoms with Crippen molar-refractivity contribution in [2.45, 2.75) is 36.8 Å². The number of methoxy groups -OCH3 is 1. The Labute approximate surface area is 194 Å². The van der Waals surface area contributed by atoms with E-state index in [2.05, 4.69) is 5.32 Å². The van der Waals surface area contributed by atoms with Gasteiger partial charge in [-0.15, -0.1) is 11.8 Å². The normalized spacial score (nSPS) is 14.7. The summed E-state index contributed by atoms with van der Waals surface area (Å²) in [5.41, 5.74) is 1.43. The van der Waals surface area contributed by atoms with Crippen molar-refractivity contribution in [1.82, 2.24) is 4.31 Å². The third kappa shape index (κ3) is 6.40. The third-order valence-electron chi connectivity index (χ3n) is 5.11. The molecule has 0 spiro atoms. The van der Waals surface area contributed by atoms with Gasteiger partial charge in [0.1, 0.15) is 11.5 Å². The minimum atomic E-state index is -3.60. The minimum Gasteiger partial charge on any atom is -0.497 e. The Morgan fingerprint density at radius 1 is 1.12 bits per heavy atom. The molecule has 0 aliphatic carbocycles. The van der Waals surface area contributed by atoms with E-state index in [1.165, 1.54) is 22.1 Å². The van der Waals surface area contributed by atoms with Crippen molar-refractivity contribution in [3.8, 4) is 11.5 Å². The number of hydrogen-bond donors (Lipinski definition) is 1. The molecule has 1 aliphatic rings. The maximum Gasteiger partial charge on any atom is 0.243 e. The summed E-state index contributed by atoms with van der Waals surface area (Å²) in [4.78, 5) is 12.7. The molecule has 0 bridgehead atoms. The molecule has 0 saturated carbocycles. The number of hydrogen-bond acceptors (Lipinski definition) is 6. The second-order valence-electron chi connectivity index (χ2n) is 7.45. The Balaban J connectivity index is 1.68. The first-order valence-corrected chi connectivity index (χ1v) is 13.3. The Hall–Kier alpha value is -2.23. The molecular formula is C23H30N2O5S2. The number of nitrogens with one attached hydrogen (secondary N) is 1. The van der Waals surface area contributed by atoms with Crippen LogP contribution >= 0.6 is 11.8 Å². The van der Waals surface area contributed by atoms with E-state index >= 15 is 0 Å². The number of benzene rings is 2. The van der Waals surface area contributed by atoms with Crippen LogP contribution in [0.15, 0.2) is 47.4 Å². The molecule has 1 amide bonds. The molecule has 9 heteroatoms. The zero-order chi connectivity index (χ0) is 23.0. The number of sulfonamides is 1. The number of amides is 1. The zero-order valence-electron chi connectivity index (χ0n) is 18.5. The standard InChI is InChI=1S/C23H30N2O5S2/c1-3-30-22-11-10-20(32(27,28)25-12-5-4-6-13-25)15-21(22)24-23(26)17-31-16-18-8-7-9-19(14-18)29-2/h7-11,14-15H,3-6,12-13,16-17H2,1-2H3,(H,24,26). The van der Waals surface area contributed by atoms with Crippen LogP contribution in [0.2, 0.25) is 0 Å². The highest BCUT2D eigenvalue weighted by Gasteiger charge is 2.27. The molecule has 0 unspecified atom stereocenters. The van der Waals surface area contributed by atoms with Crippen LogP contribution in [-0.4, -0.2) is 51.2 Å². The van der Waals surface area contributed by atoms with E-state index in [1.54, 1.807) is 19.2 Å². The van der Waals surface area contributed by atoms with Gasteiger partial charge < -0.3 is 14.8 Å². The average Bonchev–Trinajstić information content (AvgIpc) is 2.81. The van der Waals surface area contributed by atoms with Gasteiger partial charge >= 0.3 is 0 Å². The van der Waals surface area contributed by atoms with Gasteiger partial charge in [0.2, 0.25) is 15.9 Å². The van der Waals surface area contributed by atoms with Gasteiger partial charge in [0, 0.05) is 18.8 Å². The summed E-state index contributed by atoms with van der Waals surface area (Å²) in [5, 5.41) is 2.83. The van der Waals surface area contributed by atoms with Crippen molar-refractivity contribution in [2.24, 2.45) is 0 Å². The van der Waals surface area contributed by atoms with Crippen LogP contribution in [-0.2, 0) is 20.6 Å². The molecule has 1 fully saturated rings. The lowest BCUT2D eigenvalue weighted by atomic mass is 10.2. The molecule has 1 N–H and O–H groups in total. The van der Waals surface area contributed by atoms with Crippen LogP contribution in [0.5, 0.6) is 11.5 Å². The zero-order valence-corrected chi connectivity index (χ0v) is 20.1. The van der Waals surface area contributed by atoms with Gasteiger partial charge in [-0.1, -0.05) is 18.6 Å². The van der Waals surface area contributed by atoms with Crippen molar-refractivity contribution in [3.05, 3.63) is 48.0 Å². The van der Waals surface area contributed by atoms with Gasteiger partial charge in [-0.2, -0.15) is 4.31 Å². The molecule has 7 nitrogen and oxygen atoms in total. The number of piperidine rings is 1. The number of rotatable bonds is 10. The topological polar surface area (TPSA) is 84.9 Å². The lowest BCUT2D eigenvalue weighted by Crippen LogP contribution is -2.35. The highest BCUT2D eigenvalue weighted by Crippen LogP contribution is 2.30. The van der Waals surface area contributed by atoms with Gasteiger partial charge in [0.25, 0.3) is 0 Å². The second kappa shape index (κ2) is 11.6. The maximum absolute atomic E-state index is 13.0. The summed E-state index contributed by atoms with van der Waals surface area (Å²) in [7, 11) is -1.98. The fourth-order valence-electron chi connectivity index (χ4n) is 3.51. The van der Waals surface area contributed by atoms with E-state index in [-0.39, 0.29) is 16.6 Å². The molecule has 2 aromatic rings. The van der Waals surface area contributed by atoms with E-state index in [4.69, 9.17) is 9.47 Å². The van der Waals surface area contributed by atoms with Crippen molar-refractivity contribution >= 4 is 33.4 Å². The van der Waals surface area contributed by atoms with Crippen molar-refractivity contribution in [1.29, 1.82) is 0 Å². The molecule has 0 radical (unpaired) electrons. The SMILES string of the molecule is CCOc1ccc(S(=O)(=O)N2CCCCC2)cc1NC(=O)CSCc1cccc(OC)c1. The third-order valence-corrected chi connectivity index (χ3v) is 8.01. The lowest BCUT2D eigenvalue weighted by Gasteiger charge is -2.26. The second-order valence-corrected chi connectivity index (χ2v) is 10.4. The molecule has 0 atom stereocenters. The first-order chi connectivity index (χ1) is 15.4. The van der Waals surface area contributed by atoms with Gasteiger partial charge in [0.15, 0.2) is 0 Å². The minimum absolute atomic E-state index is 0.169. The van der Waals surface area contributed by atoms with Crippen LogP contribution in [0.1, 0.15) is 31.7 Å². The van der Waals surface area contributed by atoms with E-state index in [9.17, 15) is 13.2 Å². The molecule has 32 heavy (non-hydrogen) atoms. The predicted octanol–water partition coefficient (Wildman–Crippen LogP) is 4.14. The smallest absolute Gasteiger partial charge is 0.243 e. The summed E-state index contributed by atoms with van der Waals surface area (Å²) < 4.78 is 38.4. The molecule has 3 rings (SSSR count). The van der Waals surface area contributed by atoms with Gasteiger partial charge in [0.05, 0.1) is 30.1 Å². The maximum atomic E-state index is 13.0. The van der Waals surface area contributed by atoms with Crippen LogP contribution in [0.3, 0.4) is 0 Å². The van der Waals surface area contributed by atoms with Crippen LogP contribution in [0, 0.1) is 0 Å². The average molecular weight is 479 g/mol. The van der Waals surface area contributed by atoms with Crippen LogP contribution in [0.25, 0.3) is 0 Å². The number of nitrogens with zero attached hydrogens (tertiary/aromatic N) is 1. The largest absolute Gasteiger partial charge is 0.497 e. The number of ether oxygens (including phenoxy) is 2. The fraction of sp³-hybridized carbons (Fsp3) is 0.435. The van der Waals surface area contributed by atoms with E-state index in [0.29, 0.717) is 36.9 Å². The van der Waals surface area contributed by atoms with Gasteiger partial charge in [-0.05, 0) is 55.7 Å². The molecule has 0 aromatic heterocycles. The molecule has 1 aliphatic heterocycles. The molecular weight excluding hydrogens is 448 g/mol. The van der Waals surface area contributed by atoms with Crippen molar-refractivity contribution in [3.63, 3.8) is 0 Å².